The number of carbonyl (C=O) groups is 2. The first kappa shape index (κ1) is 25.4. The second-order valence-electron chi connectivity index (χ2n) is 8.95. The van der Waals surface area contributed by atoms with Crippen molar-refractivity contribution in [1.29, 1.82) is 0 Å². The van der Waals surface area contributed by atoms with Gasteiger partial charge in [-0.25, -0.2) is 0 Å². The number of hydrogen-bond donors (Lipinski definition) is 2. The van der Waals surface area contributed by atoms with Gasteiger partial charge < -0.3 is 15.0 Å². The van der Waals surface area contributed by atoms with Gasteiger partial charge in [0, 0.05) is 39.2 Å². The van der Waals surface area contributed by atoms with E-state index in [0.29, 0.717) is 29.0 Å². The van der Waals surface area contributed by atoms with Gasteiger partial charge in [-0.1, -0.05) is 66.2 Å². The maximum atomic E-state index is 13.1. The molecule has 1 aromatic heterocycles. The number of para-hydroxylation sites is 1. The summed E-state index contributed by atoms with van der Waals surface area (Å²) in [4.78, 5) is 30.9. The highest BCUT2D eigenvalue weighted by Crippen LogP contribution is 2.38. The monoisotopic (exact) mass is 520 g/mol. The van der Waals surface area contributed by atoms with Crippen LogP contribution in [0.2, 0.25) is 0 Å². The Morgan fingerprint density at radius 1 is 0.842 bits per heavy atom. The first-order chi connectivity index (χ1) is 18.5. The lowest BCUT2D eigenvalue weighted by molar-refractivity contribution is 0.0944. The van der Waals surface area contributed by atoms with Gasteiger partial charge in [-0.15, -0.1) is 11.8 Å². The normalized spacial score (nSPS) is 10.9. The molecule has 0 aliphatic carbocycles. The van der Waals surface area contributed by atoms with Crippen LogP contribution in [-0.4, -0.2) is 36.1 Å². The summed E-state index contributed by atoms with van der Waals surface area (Å²) in [7, 11) is 1.66. The number of aromatic nitrogens is 1. The average Bonchev–Trinajstić information content (AvgIpc) is 3.33. The molecule has 5 nitrogen and oxygen atoms in total. The van der Waals surface area contributed by atoms with E-state index in [1.54, 1.807) is 55.3 Å². The van der Waals surface area contributed by atoms with Crippen molar-refractivity contribution in [3.63, 3.8) is 0 Å². The highest BCUT2D eigenvalue weighted by molar-refractivity contribution is 7.99. The van der Waals surface area contributed by atoms with Gasteiger partial charge >= 0.3 is 0 Å². The molecule has 190 valence electrons. The summed E-state index contributed by atoms with van der Waals surface area (Å²) in [5.74, 6) is 1.07. The second kappa shape index (κ2) is 11.4. The van der Waals surface area contributed by atoms with Crippen LogP contribution in [0.15, 0.2) is 102 Å². The molecule has 4 aromatic carbocycles. The van der Waals surface area contributed by atoms with E-state index in [-0.39, 0.29) is 11.7 Å². The van der Waals surface area contributed by atoms with Crippen LogP contribution < -0.4 is 10.1 Å². The average molecular weight is 521 g/mol. The first-order valence-electron chi connectivity index (χ1n) is 12.4. The van der Waals surface area contributed by atoms with E-state index in [9.17, 15) is 9.59 Å². The molecule has 0 saturated heterocycles. The van der Waals surface area contributed by atoms with E-state index in [0.717, 1.165) is 38.4 Å². The fraction of sp³-hybridized carbons (Fsp3) is 0.125. The van der Waals surface area contributed by atoms with Gasteiger partial charge in [0.25, 0.3) is 5.91 Å². The maximum Gasteiger partial charge on any atom is 0.252 e. The lowest BCUT2D eigenvalue weighted by atomic mass is 9.97. The summed E-state index contributed by atoms with van der Waals surface area (Å²) in [6, 6.07) is 30.6. The Morgan fingerprint density at radius 2 is 1.53 bits per heavy atom. The van der Waals surface area contributed by atoms with Crippen LogP contribution >= 0.6 is 11.8 Å². The molecule has 0 spiro atoms. The van der Waals surface area contributed by atoms with Crippen molar-refractivity contribution in [2.75, 3.05) is 19.4 Å². The minimum atomic E-state index is -0.254. The number of fused-ring (bicyclic) bond motifs is 1. The Bertz CT molecular complexity index is 1590. The number of aryl methyl sites for hydroxylation is 1. The molecular formula is C32H28N2O3S. The molecule has 1 heterocycles. The molecular weight excluding hydrogens is 492 g/mol. The number of carbonyl (C=O) groups excluding carboxylic acids is 2. The molecule has 5 aromatic rings. The summed E-state index contributed by atoms with van der Waals surface area (Å²) >= 11 is 1.69. The molecule has 0 aliphatic rings. The third-order valence-corrected chi connectivity index (χ3v) is 7.52. The minimum Gasteiger partial charge on any atom is -0.497 e. The molecule has 0 aliphatic heterocycles. The molecule has 5 rings (SSSR count). The zero-order valence-electron chi connectivity index (χ0n) is 21.3. The molecule has 0 saturated carbocycles. The number of rotatable bonds is 9. The molecule has 0 fully saturated rings. The maximum absolute atomic E-state index is 13.1. The zero-order chi connectivity index (χ0) is 26.5. The van der Waals surface area contributed by atoms with Crippen LogP contribution in [0.4, 0.5) is 0 Å². The Hall–Kier alpha value is -4.29. The third-order valence-electron chi connectivity index (χ3n) is 6.40. The van der Waals surface area contributed by atoms with Crippen molar-refractivity contribution >= 4 is 34.4 Å². The topological polar surface area (TPSA) is 71.2 Å². The predicted octanol–water partition coefficient (Wildman–Crippen LogP) is 6.91. The van der Waals surface area contributed by atoms with Crippen molar-refractivity contribution in [2.24, 2.45) is 0 Å². The molecule has 0 atom stereocenters. The number of thioether (sulfide) groups is 1. The Balaban J connectivity index is 1.29. The molecule has 0 bridgehead atoms. The quantitative estimate of drug-likeness (QED) is 0.126. The van der Waals surface area contributed by atoms with E-state index in [2.05, 4.69) is 22.4 Å². The fourth-order valence-electron chi connectivity index (χ4n) is 4.38. The highest BCUT2D eigenvalue weighted by atomic mass is 32.2. The summed E-state index contributed by atoms with van der Waals surface area (Å²) in [5.41, 5.74) is 5.60. The first-order valence-corrected chi connectivity index (χ1v) is 13.4. The summed E-state index contributed by atoms with van der Waals surface area (Å²) in [5, 5.41) is 4.14. The highest BCUT2D eigenvalue weighted by Gasteiger charge is 2.18. The van der Waals surface area contributed by atoms with Gasteiger partial charge in [-0.2, -0.15) is 0 Å². The van der Waals surface area contributed by atoms with E-state index in [1.807, 2.05) is 55.5 Å². The third kappa shape index (κ3) is 5.36. The largest absolute Gasteiger partial charge is 0.497 e. The number of aromatic amines is 1. The number of H-pyrrole nitrogens is 1. The molecule has 1 amide bonds. The number of hydrogen-bond acceptors (Lipinski definition) is 4. The van der Waals surface area contributed by atoms with Crippen molar-refractivity contribution in [3.05, 3.63) is 119 Å². The van der Waals surface area contributed by atoms with Crippen molar-refractivity contribution in [1.82, 2.24) is 10.3 Å². The summed E-state index contributed by atoms with van der Waals surface area (Å²) in [6.07, 6.45) is 0. The zero-order valence-corrected chi connectivity index (χ0v) is 22.1. The van der Waals surface area contributed by atoms with Gasteiger partial charge in [-0.05, 0) is 48.9 Å². The molecule has 2 N–H and O–H groups in total. The Labute approximate surface area is 226 Å². The number of amides is 1. The van der Waals surface area contributed by atoms with Crippen molar-refractivity contribution in [3.8, 4) is 17.0 Å². The van der Waals surface area contributed by atoms with E-state index in [1.165, 1.54) is 0 Å². The second-order valence-corrected chi connectivity index (χ2v) is 10.1. The van der Waals surface area contributed by atoms with Gasteiger partial charge in [-0.3, -0.25) is 9.59 Å². The summed E-state index contributed by atoms with van der Waals surface area (Å²) < 4.78 is 5.31. The number of ketones is 1. The number of benzene rings is 4. The predicted molar refractivity (Wildman–Crippen MR) is 154 cm³/mol. The van der Waals surface area contributed by atoms with Crippen LogP contribution in [0.3, 0.4) is 0 Å². The Morgan fingerprint density at radius 3 is 2.26 bits per heavy atom. The number of ether oxygens (including phenoxy) is 1. The smallest absolute Gasteiger partial charge is 0.252 e. The van der Waals surface area contributed by atoms with E-state index < -0.39 is 0 Å². The van der Waals surface area contributed by atoms with Crippen LogP contribution in [0.1, 0.15) is 31.8 Å². The van der Waals surface area contributed by atoms with Crippen molar-refractivity contribution in [2.45, 2.75) is 11.8 Å². The van der Waals surface area contributed by atoms with Gasteiger partial charge in [0.05, 0.1) is 18.4 Å². The van der Waals surface area contributed by atoms with Crippen LogP contribution in [0, 0.1) is 6.92 Å². The minimum absolute atomic E-state index is 0.159. The SMILES string of the molecule is COc1ccc(-c2[nH]c3ccccc3c2SCCNC(=O)c2ccccc2C(=O)c2ccc(C)cc2)cc1. The lowest BCUT2D eigenvalue weighted by Gasteiger charge is -2.10. The van der Waals surface area contributed by atoms with E-state index >= 15 is 0 Å². The number of nitrogens with one attached hydrogen (secondary N) is 2. The van der Waals surface area contributed by atoms with Crippen LogP contribution in [-0.2, 0) is 0 Å². The van der Waals surface area contributed by atoms with Crippen LogP contribution in [0.25, 0.3) is 22.2 Å². The fourth-order valence-corrected chi connectivity index (χ4v) is 5.43. The lowest BCUT2D eigenvalue weighted by Crippen LogP contribution is -2.27. The molecule has 38 heavy (non-hydrogen) atoms. The molecule has 0 radical (unpaired) electrons. The van der Waals surface area contributed by atoms with Gasteiger partial charge in [0.1, 0.15) is 5.75 Å². The van der Waals surface area contributed by atoms with E-state index in [4.69, 9.17) is 4.74 Å². The van der Waals surface area contributed by atoms with Crippen LogP contribution in [0.5, 0.6) is 5.75 Å². The molecule has 6 heteroatoms. The van der Waals surface area contributed by atoms with Crippen molar-refractivity contribution < 1.29 is 14.3 Å². The molecule has 0 unspecified atom stereocenters. The number of methoxy groups -OCH3 is 1. The Kier molecular flexibility index (Phi) is 7.61. The standard InChI is InChI=1S/C32H28N2O3S/c1-21-11-13-23(14-12-21)30(35)25-7-3-4-8-26(25)32(36)33-19-20-38-31-27-9-5-6-10-28(27)34-29(31)22-15-17-24(37-2)18-16-22/h3-18,34H,19-20H2,1-2H3,(H,33,36). The van der Waals surface area contributed by atoms with Gasteiger partial charge in [0.15, 0.2) is 5.78 Å². The van der Waals surface area contributed by atoms with Gasteiger partial charge in [0.2, 0.25) is 0 Å². The summed E-state index contributed by atoms with van der Waals surface area (Å²) in [6.45, 7) is 2.43.